The monoisotopic (exact) mass is 369 g/mol. The molecule has 3 heterocycles. The molecule has 27 heavy (non-hydrogen) atoms. The van der Waals surface area contributed by atoms with E-state index in [0.29, 0.717) is 17.8 Å². The molecule has 3 rings (SSSR count). The summed E-state index contributed by atoms with van der Waals surface area (Å²) in [5.74, 6) is 1.12. The zero-order valence-corrected chi connectivity index (χ0v) is 16.6. The van der Waals surface area contributed by atoms with Gasteiger partial charge in [-0.1, -0.05) is 6.92 Å². The lowest BCUT2D eigenvalue weighted by Crippen LogP contribution is -2.47. The molecule has 1 atom stereocenters. The van der Waals surface area contributed by atoms with E-state index in [-0.39, 0.29) is 5.91 Å². The van der Waals surface area contributed by atoms with Crippen molar-refractivity contribution in [3.8, 4) is 0 Å². The third-order valence-electron chi connectivity index (χ3n) is 5.43. The van der Waals surface area contributed by atoms with E-state index in [1.165, 1.54) is 0 Å². The minimum Gasteiger partial charge on any atom is -0.380 e. The number of piperidine rings is 1. The zero-order chi connectivity index (χ0) is 19.2. The summed E-state index contributed by atoms with van der Waals surface area (Å²) in [7, 11) is 0. The van der Waals surface area contributed by atoms with E-state index in [2.05, 4.69) is 47.0 Å². The van der Waals surface area contributed by atoms with Crippen LogP contribution in [0.25, 0.3) is 0 Å². The molecule has 1 fully saturated rings. The summed E-state index contributed by atoms with van der Waals surface area (Å²) in [5, 5.41) is 3.59. The summed E-state index contributed by atoms with van der Waals surface area (Å²) in [6.07, 6.45) is 6.65. The second-order valence-electron chi connectivity index (χ2n) is 7.22. The van der Waals surface area contributed by atoms with Crippen molar-refractivity contribution in [3.05, 3.63) is 42.4 Å². The van der Waals surface area contributed by atoms with Gasteiger partial charge in [-0.25, -0.2) is 4.98 Å². The maximum atomic E-state index is 12.5. The van der Waals surface area contributed by atoms with Gasteiger partial charge in [0.25, 0.3) is 5.91 Å². The molecule has 1 aliphatic rings. The number of hydrogen-bond donors (Lipinski definition) is 2. The molecule has 1 aliphatic heterocycles. The first-order valence-corrected chi connectivity index (χ1v) is 10.0. The van der Waals surface area contributed by atoms with Crippen LogP contribution in [0.2, 0.25) is 0 Å². The van der Waals surface area contributed by atoms with Crippen LogP contribution >= 0.6 is 0 Å². The molecule has 0 aromatic carbocycles. The van der Waals surface area contributed by atoms with Gasteiger partial charge in [-0.2, -0.15) is 0 Å². The Morgan fingerprint density at radius 2 is 2.11 bits per heavy atom. The van der Waals surface area contributed by atoms with Crippen LogP contribution in [0.1, 0.15) is 50.5 Å². The largest absolute Gasteiger partial charge is 0.380 e. The van der Waals surface area contributed by atoms with Gasteiger partial charge in [0.05, 0.1) is 5.69 Å². The normalized spacial score (nSPS) is 16.2. The molecule has 2 aromatic heterocycles. The Hall–Kier alpha value is -2.50. The van der Waals surface area contributed by atoms with Gasteiger partial charge in [-0.05, 0) is 57.4 Å². The molecule has 0 bridgehead atoms. The number of aromatic amines is 1. The first kappa shape index (κ1) is 19.3. The van der Waals surface area contributed by atoms with E-state index in [9.17, 15) is 4.79 Å². The van der Waals surface area contributed by atoms with E-state index >= 15 is 0 Å². The van der Waals surface area contributed by atoms with Gasteiger partial charge in [-0.15, -0.1) is 0 Å². The van der Waals surface area contributed by atoms with Gasteiger partial charge in [-0.3, -0.25) is 4.79 Å². The molecule has 2 aromatic rings. The minimum atomic E-state index is 0.0958. The molecule has 1 amide bonds. The van der Waals surface area contributed by atoms with Crippen LogP contribution in [0.15, 0.2) is 36.7 Å². The van der Waals surface area contributed by atoms with E-state index in [0.717, 1.165) is 50.4 Å². The van der Waals surface area contributed by atoms with Crippen molar-refractivity contribution < 1.29 is 4.79 Å². The van der Waals surface area contributed by atoms with Crippen molar-refractivity contribution in [2.75, 3.05) is 29.9 Å². The number of nitrogens with one attached hydrogen (secondary N) is 2. The molecule has 0 aliphatic carbocycles. The maximum Gasteiger partial charge on any atom is 0.270 e. The van der Waals surface area contributed by atoms with Crippen LogP contribution in [0, 0.1) is 0 Å². The Morgan fingerprint density at radius 3 is 2.74 bits per heavy atom. The van der Waals surface area contributed by atoms with E-state index in [4.69, 9.17) is 0 Å². The number of H-pyrrole nitrogens is 1. The molecule has 6 heteroatoms. The second kappa shape index (κ2) is 8.93. The van der Waals surface area contributed by atoms with Crippen molar-refractivity contribution in [1.29, 1.82) is 0 Å². The number of anilines is 2. The minimum absolute atomic E-state index is 0.0958. The number of rotatable bonds is 7. The second-order valence-corrected chi connectivity index (χ2v) is 7.22. The standard InChI is InChI=1S/C21H31N5O/c1-4-16(3)24-18-8-6-13-23-20(18)26(5-2)17-10-14-25(15-11-17)21(27)19-9-7-12-22-19/h6-9,12-13,16-17,22,24H,4-5,10-11,14-15H2,1-3H3. The van der Waals surface area contributed by atoms with E-state index in [1.807, 2.05) is 29.3 Å². The number of nitrogens with zero attached hydrogens (tertiary/aromatic N) is 3. The highest BCUT2D eigenvalue weighted by atomic mass is 16.2. The topological polar surface area (TPSA) is 64.3 Å². The number of carbonyl (C=O) groups is 1. The Morgan fingerprint density at radius 1 is 1.33 bits per heavy atom. The molecule has 6 nitrogen and oxygen atoms in total. The Balaban J connectivity index is 1.68. The number of likely N-dealkylation sites (tertiary alicyclic amines) is 1. The van der Waals surface area contributed by atoms with Crippen molar-refractivity contribution in [1.82, 2.24) is 14.9 Å². The fraction of sp³-hybridized carbons (Fsp3) is 0.524. The van der Waals surface area contributed by atoms with Crippen LogP contribution in [0.3, 0.4) is 0 Å². The van der Waals surface area contributed by atoms with Crippen LogP contribution in [-0.2, 0) is 0 Å². The van der Waals surface area contributed by atoms with Crippen molar-refractivity contribution in [2.24, 2.45) is 0 Å². The molecule has 0 saturated carbocycles. The summed E-state index contributed by atoms with van der Waals surface area (Å²) in [5.41, 5.74) is 1.77. The number of carbonyl (C=O) groups excluding carboxylic acids is 1. The van der Waals surface area contributed by atoms with Crippen LogP contribution in [0.5, 0.6) is 0 Å². The molecular formula is C21H31N5O. The molecule has 2 N–H and O–H groups in total. The number of hydrogen-bond acceptors (Lipinski definition) is 4. The maximum absolute atomic E-state index is 12.5. The lowest BCUT2D eigenvalue weighted by atomic mass is 10.0. The molecular weight excluding hydrogens is 338 g/mol. The van der Waals surface area contributed by atoms with Crippen LogP contribution in [0.4, 0.5) is 11.5 Å². The predicted octanol–water partition coefficient (Wildman–Crippen LogP) is 3.75. The van der Waals surface area contributed by atoms with E-state index < -0.39 is 0 Å². The van der Waals surface area contributed by atoms with Gasteiger partial charge in [0.15, 0.2) is 5.82 Å². The fourth-order valence-corrected chi connectivity index (χ4v) is 3.70. The number of amides is 1. The van der Waals surface area contributed by atoms with Gasteiger partial charge in [0.2, 0.25) is 0 Å². The van der Waals surface area contributed by atoms with Crippen molar-refractivity contribution >= 4 is 17.4 Å². The molecule has 0 radical (unpaired) electrons. The summed E-state index contributed by atoms with van der Waals surface area (Å²) < 4.78 is 0. The summed E-state index contributed by atoms with van der Waals surface area (Å²) >= 11 is 0. The van der Waals surface area contributed by atoms with Gasteiger partial charge >= 0.3 is 0 Å². The molecule has 1 saturated heterocycles. The average Bonchev–Trinajstić information content (AvgIpc) is 3.24. The first-order valence-electron chi connectivity index (χ1n) is 10.0. The van der Waals surface area contributed by atoms with Gasteiger partial charge < -0.3 is 20.1 Å². The van der Waals surface area contributed by atoms with Gasteiger partial charge in [0.1, 0.15) is 5.69 Å². The first-order chi connectivity index (χ1) is 13.1. The quantitative estimate of drug-likeness (QED) is 0.780. The summed E-state index contributed by atoms with van der Waals surface area (Å²) in [6.45, 7) is 9.01. The SMILES string of the molecule is CCC(C)Nc1cccnc1N(CC)C1CCN(C(=O)c2ccc[nH]2)CC1. The van der Waals surface area contributed by atoms with Gasteiger partial charge in [0, 0.05) is 44.1 Å². The zero-order valence-electron chi connectivity index (χ0n) is 16.6. The fourth-order valence-electron chi connectivity index (χ4n) is 3.70. The Kier molecular flexibility index (Phi) is 6.37. The predicted molar refractivity (Wildman–Crippen MR) is 110 cm³/mol. The van der Waals surface area contributed by atoms with E-state index in [1.54, 1.807) is 6.20 Å². The average molecular weight is 370 g/mol. The lowest BCUT2D eigenvalue weighted by Gasteiger charge is -2.39. The Labute approximate surface area is 162 Å². The third kappa shape index (κ3) is 4.43. The van der Waals surface area contributed by atoms with Crippen LogP contribution < -0.4 is 10.2 Å². The van der Waals surface area contributed by atoms with Crippen LogP contribution in [-0.4, -0.2) is 52.5 Å². The lowest BCUT2D eigenvalue weighted by molar-refractivity contribution is 0.0707. The number of pyridine rings is 1. The smallest absolute Gasteiger partial charge is 0.270 e. The number of aromatic nitrogens is 2. The highest BCUT2D eigenvalue weighted by molar-refractivity contribution is 5.92. The Bertz CT molecular complexity index is 722. The van der Waals surface area contributed by atoms with Crippen molar-refractivity contribution in [3.63, 3.8) is 0 Å². The molecule has 0 spiro atoms. The van der Waals surface area contributed by atoms with Crippen molar-refractivity contribution in [2.45, 2.75) is 52.1 Å². The molecule has 146 valence electrons. The molecule has 1 unspecified atom stereocenters. The summed E-state index contributed by atoms with van der Waals surface area (Å²) in [6, 6.07) is 8.61. The summed E-state index contributed by atoms with van der Waals surface area (Å²) in [4.78, 5) is 24.6. The highest BCUT2D eigenvalue weighted by Crippen LogP contribution is 2.29. The third-order valence-corrected chi connectivity index (χ3v) is 5.43. The highest BCUT2D eigenvalue weighted by Gasteiger charge is 2.28.